The van der Waals surface area contributed by atoms with Crippen LogP contribution in [-0.4, -0.2) is 66.4 Å². The van der Waals surface area contributed by atoms with Crippen molar-refractivity contribution in [3.63, 3.8) is 0 Å². The van der Waals surface area contributed by atoms with Gasteiger partial charge in [0.25, 0.3) is 5.91 Å². The number of nitrogens with zero attached hydrogens (tertiary/aromatic N) is 3. The highest BCUT2D eigenvalue weighted by molar-refractivity contribution is 6.00. The minimum atomic E-state index is -0.502. The first-order chi connectivity index (χ1) is 13.2. The van der Waals surface area contributed by atoms with Gasteiger partial charge < -0.3 is 19.6 Å². The number of para-hydroxylation sites is 1. The summed E-state index contributed by atoms with van der Waals surface area (Å²) in [6.45, 7) is 3.89. The van der Waals surface area contributed by atoms with Crippen molar-refractivity contribution in [2.75, 3.05) is 44.3 Å². The van der Waals surface area contributed by atoms with Gasteiger partial charge in [-0.05, 0) is 36.2 Å². The molecule has 0 radical (unpaired) electrons. The monoisotopic (exact) mass is 367 g/mol. The molecule has 2 saturated heterocycles. The summed E-state index contributed by atoms with van der Waals surface area (Å²) in [5.74, 6) is 0.0419. The molecular formula is C21H25N3O3. The maximum Gasteiger partial charge on any atom is 0.256 e. The number of β-amino-alcohol motifs (C(OH)–C–C–N with tert-alkyl or cyclic N) is 1. The second-order valence-corrected chi connectivity index (χ2v) is 7.21. The number of aliphatic hydroxyl groups is 1. The molecule has 1 aromatic heterocycles. The van der Waals surface area contributed by atoms with E-state index in [1.165, 1.54) is 0 Å². The Morgan fingerprint density at radius 2 is 1.85 bits per heavy atom. The van der Waals surface area contributed by atoms with Crippen LogP contribution in [0.3, 0.4) is 0 Å². The van der Waals surface area contributed by atoms with Gasteiger partial charge in [0, 0.05) is 50.2 Å². The Morgan fingerprint density at radius 3 is 2.63 bits per heavy atom. The Hall–Kier alpha value is -2.44. The van der Waals surface area contributed by atoms with E-state index in [2.05, 4.69) is 9.88 Å². The maximum absolute atomic E-state index is 13.2. The zero-order chi connectivity index (χ0) is 18.6. The summed E-state index contributed by atoms with van der Waals surface area (Å²) in [7, 11) is 0. The van der Waals surface area contributed by atoms with Gasteiger partial charge in [-0.15, -0.1) is 0 Å². The molecule has 1 amide bonds. The molecule has 0 unspecified atom stereocenters. The van der Waals surface area contributed by atoms with Gasteiger partial charge in [-0.1, -0.05) is 12.1 Å². The average Bonchev–Trinajstić information content (AvgIpc) is 3.09. The lowest BCUT2D eigenvalue weighted by atomic mass is 9.97. The van der Waals surface area contributed by atoms with Crippen LogP contribution in [0.25, 0.3) is 0 Å². The zero-order valence-electron chi connectivity index (χ0n) is 15.3. The van der Waals surface area contributed by atoms with E-state index in [1.54, 1.807) is 17.3 Å². The summed E-state index contributed by atoms with van der Waals surface area (Å²) >= 11 is 0. The fraction of sp³-hybridized carbons (Fsp3) is 0.429. The van der Waals surface area contributed by atoms with E-state index >= 15 is 0 Å². The molecule has 2 fully saturated rings. The smallest absolute Gasteiger partial charge is 0.256 e. The van der Waals surface area contributed by atoms with E-state index < -0.39 is 6.10 Å². The average molecular weight is 367 g/mol. The molecule has 142 valence electrons. The molecule has 6 nitrogen and oxygen atoms in total. The molecule has 2 aromatic rings. The largest absolute Gasteiger partial charge is 0.391 e. The number of morpholine rings is 1. The highest BCUT2D eigenvalue weighted by Gasteiger charge is 2.35. The van der Waals surface area contributed by atoms with Crippen molar-refractivity contribution in [1.29, 1.82) is 0 Å². The number of aliphatic hydroxyl groups excluding tert-OH is 1. The van der Waals surface area contributed by atoms with E-state index in [9.17, 15) is 9.90 Å². The molecule has 1 aromatic carbocycles. The molecule has 1 N–H and O–H groups in total. The highest BCUT2D eigenvalue weighted by atomic mass is 16.5. The van der Waals surface area contributed by atoms with Crippen molar-refractivity contribution in [2.45, 2.75) is 12.5 Å². The van der Waals surface area contributed by atoms with Crippen molar-refractivity contribution in [2.24, 2.45) is 5.92 Å². The first kappa shape index (κ1) is 17.9. The molecule has 0 saturated carbocycles. The van der Waals surface area contributed by atoms with Gasteiger partial charge in [0.05, 0.1) is 24.9 Å². The molecule has 0 bridgehead atoms. The SMILES string of the molecule is O=C(c1ccccc1N1CCOCC1)N1C[C@@H](Cc2ccncc2)[C@@H](O)C1. The van der Waals surface area contributed by atoms with E-state index in [-0.39, 0.29) is 11.8 Å². The number of rotatable bonds is 4. The molecule has 2 aliphatic heterocycles. The topological polar surface area (TPSA) is 65.9 Å². The Labute approximate surface area is 159 Å². The number of likely N-dealkylation sites (tertiary alicyclic amines) is 1. The number of amides is 1. The quantitative estimate of drug-likeness (QED) is 0.889. The summed E-state index contributed by atoms with van der Waals surface area (Å²) in [6, 6.07) is 11.7. The molecule has 2 atom stereocenters. The van der Waals surface area contributed by atoms with Gasteiger partial charge in [0.15, 0.2) is 0 Å². The molecule has 3 heterocycles. The Kier molecular flexibility index (Phi) is 5.36. The minimum Gasteiger partial charge on any atom is -0.391 e. The normalized spacial score (nSPS) is 22.9. The Bertz CT molecular complexity index is 777. The first-order valence-electron chi connectivity index (χ1n) is 9.50. The second-order valence-electron chi connectivity index (χ2n) is 7.21. The third kappa shape index (κ3) is 3.96. The lowest BCUT2D eigenvalue weighted by Gasteiger charge is -2.31. The van der Waals surface area contributed by atoms with Crippen molar-refractivity contribution >= 4 is 11.6 Å². The first-order valence-corrected chi connectivity index (χ1v) is 9.50. The van der Waals surface area contributed by atoms with Crippen LogP contribution in [-0.2, 0) is 11.2 Å². The number of carbonyl (C=O) groups excluding carboxylic acids is 1. The van der Waals surface area contributed by atoms with Crippen LogP contribution in [0.2, 0.25) is 0 Å². The number of ether oxygens (including phenoxy) is 1. The zero-order valence-corrected chi connectivity index (χ0v) is 15.3. The number of benzene rings is 1. The predicted molar refractivity (Wildman–Crippen MR) is 103 cm³/mol. The lowest BCUT2D eigenvalue weighted by molar-refractivity contribution is 0.0764. The summed E-state index contributed by atoms with van der Waals surface area (Å²) in [4.78, 5) is 21.2. The van der Waals surface area contributed by atoms with Gasteiger partial charge in [-0.25, -0.2) is 0 Å². The van der Waals surface area contributed by atoms with E-state index in [0.717, 1.165) is 30.8 Å². The van der Waals surface area contributed by atoms with Crippen LogP contribution in [0.15, 0.2) is 48.8 Å². The number of hydrogen-bond donors (Lipinski definition) is 1. The van der Waals surface area contributed by atoms with E-state index in [1.807, 2.05) is 36.4 Å². The van der Waals surface area contributed by atoms with Crippen molar-refractivity contribution in [1.82, 2.24) is 9.88 Å². The summed E-state index contributed by atoms with van der Waals surface area (Å²) < 4.78 is 5.43. The Morgan fingerprint density at radius 1 is 1.11 bits per heavy atom. The molecule has 0 aliphatic carbocycles. The second kappa shape index (κ2) is 8.06. The summed E-state index contributed by atoms with van der Waals surface area (Å²) in [6.07, 6.45) is 3.77. The van der Waals surface area contributed by atoms with E-state index in [4.69, 9.17) is 4.74 Å². The number of pyridine rings is 1. The molecule has 2 aliphatic rings. The van der Waals surface area contributed by atoms with Crippen LogP contribution >= 0.6 is 0 Å². The molecule has 4 rings (SSSR count). The van der Waals surface area contributed by atoms with Gasteiger partial charge in [-0.2, -0.15) is 0 Å². The fourth-order valence-corrected chi connectivity index (χ4v) is 3.95. The lowest BCUT2D eigenvalue weighted by Crippen LogP contribution is -2.38. The van der Waals surface area contributed by atoms with Crippen molar-refractivity contribution in [3.8, 4) is 0 Å². The number of hydrogen-bond acceptors (Lipinski definition) is 5. The van der Waals surface area contributed by atoms with Crippen LogP contribution < -0.4 is 4.90 Å². The van der Waals surface area contributed by atoms with Crippen LogP contribution in [0, 0.1) is 5.92 Å². The van der Waals surface area contributed by atoms with Crippen molar-refractivity contribution in [3.05, 3.63) is 59.9 Å². The Balaban J connectivity index is 1.49. The van der Waals surface area contributed by atoms with Crippen molar-refractivity contribution < 1.29 is 14.6 Å². The van der Waals surface area contributed by atoms with Gasteiger partial charge >= 0.3 is 0 Å². The molecule has 0 spiro atoms. The van der Waals surface area contributed by atoms with Gasteiger partial charge in [0.2, 0.25) is 0 Å². The molecule has 6 heteroatoms. The summed E-state index contributed by atoms with van der Waals surface area (Å²) in [5.41, 5.74) is 2.80. The standard InChI is InChI=1S/C21H25N3O3/c25-20-15-24(14-17(20)13-16-5-7-22-8-6-16)21(26)18-3-1-2-4-19(18)23-9-11-27-12-10-23/h1-8,17,20,25H,9-15H2/t17-,20+/m1/s1. The summed E-state index contributed by atoms with van der Waals surface area (Å²) in [5, 5.41) is 10.5. The number of aromatic nitrogens is 1. The maximum atomic E-state index is 13.2. The predicted octanol–water partition coefficient (Wildman–Crippen LogP) is 1.59. The van der Waals surface area contributed by atoms with E-state index in [0.29, 0.717) is 31.9 Å². The van der Waals surface area contributed by atoms with Crippen LogP contribution in [0.5, 0.6) is 0 Å². The van der Waals surface area contributed by atoms with Gasteiger partial charge in [0.1, 0.15) is 0 Å². The third-order valence-corrected chi connectivity index (χ3v) is 5.43. The molecular weight excluding hydrogens is 342 g/mol. The number of anilines is 1. The fourth-order valence-electron chi connectivity index (χ4n) is 3.95. The van der Waals surface area contributed by atoms with Gasteiger partial charge in [-0.3, -0.25) is 9.78 Å². The molecule has 27 heavy (non-hydrogen) atoms. The minimum absolute atomic E-state index is 0.00614. The third-order valence-electron chi connectivity index (χ3n) is 5.43. The highest BCUT2D eigenvalue weighted by Crippen LogP contribution is 2.27. The van der Waals surface area contributed by atoms with Crippen LogP contribution in [0.1, 0.15) is 15.9 Å². The number of carbonyl (C=O) groups is 1. The van der Waals surface area contributed by atoms with Crippen LogP contribution in [0.4, 0.5) is 5.69 Å².